The Balaban J connectivity index is 0.00000147. The van der Waals surface area contributed by atoms with E-state index in [1.807, 2.05) is 12.1 Å². The molecule has 1 heterocycles. The van der Waals surface area contributed by atoms with Gasteiger partial charge in [0.25, 0.3) is 5.76 Å². The molecular formula is C19H21O+. The standard InChI is InChI=1S/C18H16O.CH4/c1-14-12-17(15-8-4-2-5-9-15)19-18(13-14)16-10-6-3-7-11-16;/h2-13,17H,1H3;1H4/p+1. The maximum Gasteiger partial charge on any atom is 0.262 e. The van der Waals surface area contributed by atoms with Crippen molar-refractivity contribution < 1.29 is 4.74 Å². The van der Waals surface area contributed by atoms with Crippen LogP contribution in [0.4, 0.5) is 0 Å². The Kier molecular flexibility index (Phi) is 4.41. The van der Waals surface area contributed by atoms with E-state index in [9.17, 15) is 0 Å². The molecule has 0 saturated carbocycles. The van der Waals surface area contributed by atoms with Crippen molar-refractivity contribution in [1.29, 1.82) is 0 Å². The van der Waals surface area contributed by atoms with Crippen molar-refractivity contribution in [2.45, 2.75) is 20.5 Å². The van der Waals surface area contributed by atoms with Crippen molar-refractivity contribution in [3.8, 4) is 0 Å². The number of hydrogen-bond donors (Lipinski definition) is 0. The Morgan fingerprint density at radius 3 is 2.10 bits per heavy atom. The molecule has 2 aromatic carbocycles. The third kappa shape index (κ3) is 3.00. The van der Waals surface area contributed by atoms with Gasteiger partial charge in [0.15, 0.2) is 0 Å². The van der Waals surface area contributed by atoms with Gasteiger partial charge in [0.05, 0.1) is 5.56 Å². The molecule has 0 fully saturated rings. The first-order valence-corrected chi connectivity index (χ1v) is 6.54. The second-order valence-corrected chi connectivity index (χ2v) is 4.79. The van der Waals surface area contributed by atoms with E-state index in [0.29, 0.717) is 0 Å². The normalized spacial score (nSPS) is 17.4. The van der Waals surface area contributed by atoms with Crippen molar-refractivity contribution in [2.24, 2.45) is 0 Å². The molecule has 20 heavy (non-hydrogen) atoms. The summed E-state index contributed by atoms with van der Waals surface area (Å²) in [6.07, 6.45) is 4.48. The second kappa shape index (κ2) is 6.25. The summed E-state index contributed by atoms with van der Waals surface area (Å²) >= 11 is 0. The molecule has 1 aliphatic heterocycles. The van der Waals surface area contributed by atoms with Crippen LogP contribution in [0.15, 0.2) is 78.4 Å². The van der Waals surface area contributed by atoms with Crippen LogP contribution in [0, 0.1) is 0 Å². The first kappa shape index (κ1) is 14.1. The Bertz CT molecular complexity index is 609. The van der Waals surface area contributed by atoms with Gasteiger partial charge in [0.2, 0.25) is 6.10 Å². The summed E-state index contributed by atoms with van der Waals surface area (Å²) in [6.45, 7) is 2.13. The van der Waals surface area contributed by atoms with Gasteiger partial charge >= 0.3 is 0 Å². The van der Waals surface area contributed by atoms with E-state index < -0.39 is 0 Å². The summed E-state index contributed by atoms with van der Waals surface area (Å²) in [6, 6.07) is 20.8. The molecule has 1 heteroatoms. The van der Waals surface area contributed by atoms with Gasteiger partial charge < -0.3 is 4.74 Å². The van der Waals surface area contributed by atoms with Crippen LogP contribution in [0.3, 0.4) is 0 Å². The lowest BCUT2D eigenvalue weighted by Crippen LogP contribution is -2.10. The quantitative estimate of drug-likeness (QED) is 0.686. The predicted molar refractivity (Wildman–Crippen MR) is 86.3 cm³/mol. The topological polar surface area (TPSA) is 12.8 Å². The van der Waals surface area contributed by atoms with Crippen LogP contribution < -0.4 is 0 Å². The van der Waals surface area contributed by atoms with Crippen molar-refractivity contribution in [3.05, 3.63) is 89.5 Å². The molecule has 0 aromatic heterocycles. The highest BCUT2D eigenvalue weighted by Crippen LogP contribution is 2.30. The molecule has 1 nitrogen and oxygen atoms in total. The molecule has 1 N–H and O–H groups in total. The molecule has 0 aliphatic carbocycles. The highest BCUT2D eigenvalue weighted by molar-refractivity contribution is 5.63. The SMILES string of the molecule is C.CC1=CC(c2ccccc2)[OH+]C(c2ccccc2)=C1. The number of ether oxygens (including phenoxy) is 1. The third-order valence-corrected chi connectivity index (χ3v) is 3.27. The third-order valence-electron chi connectivity index (χ3n) is 3.27. The lowest BCUT2D eigenvalue weighted by Gasteiger charge is -2.20. The van der Waals surface area contributed by atoms with Crippen molar-refractivity contribution >= 4 is 5.76 Å². The van der Waals surface area contributed by atoms with Crippen molar-refractivity contribution in [1.82, 2.24) is 0 Å². The second-order valence-electron chi connectivity index (χ2n) is 4.79. The van der Waals surface area contributed by atoms with Crippen LogP contribution in [0.2, 0.25) is 0 Å². The summed E-state index contributed by atoms with van der Waals surface area (Å²) in [4.78, 5) is 0. The van der Waals surface area contributed by atoms with Crippen LogP contribution >= 0.6 is 0 Å². The maximum absolute atomic E-state index is 4.86. The summed E-state index contributed by atoms with van der Waals surface area (Å²) < 4.78 is 4.86. The van der Waals surface area contributed by atoms with Gasteiger partial charge in [-0.3, -0.25) is 0 Å². The summed E-state index contributed by atoms with van der Waals surface area (Å²) in [5.74, 6) is 1.06. The fourth-order valence-corrected chi connectivity index (χ4v) is 2.32. The highest BCUT2D eigenvalue weighted by Gasteiger charge is 2.22. The van der Waals surface area contributed by atoms with E-state index in [1.54, 1.807) is 0 Å². The Labute approximate surface area is 121 Å². The van der Waals surface area contributed by atoms with E-state index in [2.05, 4.69) is 67.6 Å². The summed E-state index contributed by atoms with van der Waals surface area (Å²) in [7, 11) is 0. The van der Waals surface area contributed by atoms with E-state index in [-0.39, 0.29) is 13.5 Å². The molecule has 0 radical (unpaired) electrons. The smallest absolute Gasteiger partial charge is 0.262 e. The van der Waals surface area contributed by atoms with Crippen LogP contribution in [0.5, 0.6) is 0 Å². The predicted octanol–water partition coefficient (Wildman–Crippen LogP) is 4.89. The lowest BCUT2D eigenvalue weighted by atomic mass is 10.0. The fourth-order valence-electron chi connectivity index (χ4n) is 2.32. The van der Waals surface area contributed by atoms with Crippen molar-refractivity contribution in [3.63, 3.8) is 0 Å². The molecule has 1 aliphatic rings. The molecule has 0 saturated heterocycles. The van der Waals surface area contributed by atoms with Crippen LogP contribution in [0.1, 0.15) is 31.6 Å². The molecule has 102 valence electrons. The highest BCUT2D eigenvalue weighted by atomic mass is 16.5. The zero-order valence-electron chi connectivity index (χ0n) is 11.0. The Morgan fingerprint density at radius 1 is 0.850 bits per heavy atom. The largest absolute Gasteiger partial charge is 0.574 e. The molecule has 0 spiro atoms. The monoisotopic (exact) mass is 265 g/mol. The fraction of sp³-hybridized carbons (Fsp3) is 0.158. The molecule has 3 rings (SSSR count). The Hall–Kier alpha value is -2.28. The van der Waals surface area contributed by atoms with Gasteiger partial charge in [0.1, 0.15) is 0 Å². The van der Waals surface area contributed by atoms with Gasteiger partial charge in [-0.1, -0.05) is 43.8 Å². The molecule has 1 atom stereocenters. The zero-order valence-corrected chi connectivity index (χ0v) is 11.0. The number of hydrogen-bond acceptors (Lipinski definition) is 0. The van der Waals surface area contributed by atoms with Crippen molar-refractivity contribution in [2.75, 3.05) is 0 Å². The lowest BCUT2D eigenvalue weighted by molar-refractivity contribution is 0.0342. The first-order valence-electron chi connectivity index (χ1n) is 6.54. The van der Waals surface area contributed by atoms with Crippen LogP contribution in [-0.2, 0) is 0 Å². The molecule has 0 amide bonds. The molecule has 1 unspecified atom stereocenters. The summed E-state index contributed by atoms with van der Waals surface area (Å²) in [5.41, 5.74) is 3.68. The number of benzene rings is 2. The minimum Gasteiger partial charge on any atom is -0.574 e. The molecular weight excluding hydrogens is 244 g/mol. The maximum atomic E-state index is 4.86. The van der Waals surface area contributed by atoms with E-state index in [4.69, 9.17) is 4.74 Å². The zero-order chi connectivity index (χ0) is 13.1. The summed E-state index contributed by atoms with van der Waals surface area (Å²) in [5, 5.41) is 0. The van der Waals surface area contributed by atoms with Crippen LogP contribution in [0.25, 0.3) is 5.76 Å². The van der Waals surface area contributed by atoms with Gasteiger partial charge in [-0.15, -0.1) is 0 Å². The average Bonchev–Trinajstić information content (AvgIpc) is 2.48. The van der Waals surface area contributed by atoms with E-state index in [0.717, 1.165) is 5.76 Å². The van der Waals surface area contributed by atoms with Gasteiger partial charge in [-0.25, -0.2) is 0 Å². The van der Waals surface area contributed by atoms with E-state index in [1.165, 1.54) is 16.7 Å². The minimum atomic E-state index is 0. The number of allylic oxidation sites excluding steroid dienone is 2. The molecule has 0 bridgehead atoms. The molecule has 2 aromatic rings. The van der Waals surface area contributed by atoms with Crippen LogP contribution in [-0.4, -0.2) is 4.74 Å². The van der Waals surface area contributed by atoms with E-state index >= 15 is 0 Å². The number of aliphatic hydroxyl groups is 2. The minimum absolute atomic E-state index is 0. The first-order chi connectivity index (χ1) is 9.33. The average molecular weight is 265 g/mol. The Morgan fingerprint density at radius 2 is 1.45 bits per heavy atom. The van der Waals surface area contributed by atoms with Gasteiger partial charge in [-0.05, 0) is 36.8 Å². The van der Waals surface area contributed by atoms with Gasteiger partial charge in [-0.2, -0.15) is 0 Å². The number of rotatable bonds is 2. The van der Waals surface area contributed by atoms with Gasteiger partial charge in [0, 0.05) is 17.7 Å².